The molecule has 0 saturated carbocycles. The topological polar surface area (TPSA) is 55.6 Å². The van der Waals surface area contributed by atoms with E-state index in [0.717, 1.165) is 5.56 Å². The maximum atomic E-state index is 11.3. The van der Waals surface area contributed by atoms with Crippen LogP contribution in [0.2, 0.25) is 0 Å². The summed E-state index contributed by atoms with van der Waals surface area (Å²) in [7, 11) is 0. The Bertz CT molecular complexity index is 431. The van der Waals surface area contributed by atoms with Gasteiger partial charge in [-0.1, -0.05) is 23.8 Å². The number of benzene rings is 1. The van der Waals surface area contributed by atoms with Crippen molar-refractivity contribution in [2.24, 2.45) is 5.73 Å². The Morgan fingerprint density at radius 1 is 1.47 bits per heavy atom. The maximum Gasteiger partial charge on any atom is 0.410 e. The summed E-state index contributed by atoms with van der Waals surface area (Å²) in [6, 6.07) is 6.04. The molecule has 0 spiro atoms. The molecule has 1 saturated heterocycles. The Balaban J connectivity index is 2.08. The van der Waals surface area contributed by atoms with Crippen LogP contribution >= 0.6 is 0 Å². The number of rotatable bonds is 3. The van der Waals surface area contributed by atoms with Crippen LogP contribution in [0.4, 0.5) is 4.79 Å². The molecule has 0 radical (unpaired) electrons. The van der Waals surface area contributed by atoms with E-state index >= 15 is 0 Å². The molecule has 2 N–H and O–H groups in total. The summed E-state index contributed by atoms with van der Waals surface area (Å²) in [4.78, 5) is 13.0. The molecule has 1 amide bonds. The van der Waals surface area contributed by atoms with E-state index in [0.29, 0.717) is 19.7 Å². The van der Waals surface area contributed by atoms with Gasteiger partial charge in [-0.3, -0.25) is 0 Å². The summed E-state index contributed by atoms with van der Waals surface area (Å²) in [6.45, 7) is 5.73. The average molecular weight is 234 g/mol. The van der Waals surface area contributed by atoms with Crippen molar-refractivity contribution >= 4 is 6.09 Å². The third-order valence-corrected chi connectivity index (χ3v) is 3.09. The second-order valence-corrected chi connectivity index (χ2v) is 4.53. The number of nitrogens with two attached hydrogens (primary N) is 1. The quantitative estimate of drug-likeness (QED) is 0.867. The van der Waals surface area contributed by atoms with Gasteiger partial charge in [0.15, 0.2) is 0 Å². The van der Waals surface area contributed by atoms with E-state index in [1.165, 1.54) is 11.1 Å². The highest BCUT2D eigenvalue weighted by Gasteiger charge is 2.24. The molecule has 17 heavy (non-hydrogen) atoms. The minimum absolute atomic E-state index is 0.152. The summed E-state index contributed by atoms with van der Waals surface area (Å²) >= 11 is 0. The lowest BCUT2D eigenvalue weighted by molar-refractivity contribution is 0.157. The fourth-order valence-corrected chi connectivity index (χ4v) is 2.17. The van der Waals surface area contributed by atoms with Crippen LogP contribution in [0.3, 0.4) is 0 Å². The van der Waals surface area contributed by atoms with E-state index in [2.05, 4.69) is 13.0 Å². The van der Waals surface area contributed by atoms with Gasteiger partial charge in [0.05, 0.1) is 6.54 Å². The molecule has 92 valence electrons. The first-order valence-corrected chi connectivity index (χ1v) is 5.82. The second-order valence-electron chi connectivity index (χ2n) is 4.53. The van der Waals surface area contributed by atoms with Crippen LogP contribution in [0.5, 0.6) is 0 Å². The predicted octanol–water partition coefficient (Wildman–Crippen LogP) is 1.76. The SMILES string of the molecule is Cc1ccc(C(N)CN2CCOC2=O)c(C)c1. The highest BCUT2D eigenvalue weighted by atomic mass is 16.6. The Kier molecular flexibility index (Phi) is 3.33. The monoisotopic (exact) mass is 234 g/mol. The van der Waals surface area contributed by atoms with Crippen LogP contribution in [0.15, 0.2) is 18.2 Å². The first-order chi connectivity index (χ1) is 8.08. The number of carbonyl (C=O) groups excluding carboxylic acids is 1. The number of nitrogens with zero attached hydrogens (tertiary/aromatic N) is 1. The minimum Gasteiger partial charge on any atom is -0.448 e. The molecule has 1 atom stereocenters. The number of hydrogen-bond donors (Lipinski definition) is 1. The molecule has 1 heterocycles. The smallest absolute Gasteiger partial charge is 0.410 e. The van der Waals surface area contributed by atoms with Crippen LogP contribution in [-0.2, 0) is 4.74 Å². The van der Waals surface area contributed by atoms with Gasteiger partial charge in [0, 0.05) is 12.6 Å². The minimum atomic E-state index is -0.259. The molecule has 4 heteroatoms. The summed E-state index contributed by atoms with van der Waals surface area (Å²) in [5, 5.41) is 0. The highest BCUT2D eigenvalue weighted by Crippen LogP contribution is 2.19. The van der Waals surface area contributed by atoms with Gasteiger partial charge in [-0.25, -0.2) is 4.79 Å². The van der Waals surface area contributed by atoms with Crippen molar-refractivity contribution in [3.8, 4) is 0 Å². The zero-order valence-electron chi connectivity index (χ0n) is 10.3. The zero-order chi connectivity index (χ0) is 12.4. The fraction of sp³-hybridized carbons (Fsp3) is 0.462. The standard InChI is InChI=1S/C13H18N2O2/c1-9-3-4-11(10(2)7-9)12(14)8-15-5-6-17-13(15)16/h3-4,7,12H,5-6,8,14H2,1-2H3. The van der Waals surface area contributed by atoms with Gasteiger partial charge in [0.2, 0.25) is 0 Å². The first kappa shape index (κ1) is 11.9. The lowest BCUT2D eigenvalue weighted by atomic mass is 9.99. The van der Waals surface area contributed by atoms with Gasteiger partial charge in [-0.15, -0.1) is 0 Å². The van der Waals surface area contributed by atoms with E-state index in [1.807, 2.05) is 19.1 Å². The number of ether oxygens (including phenoxy) is 1. The Hall–Kier alpha value is -1.55. The molecule has 1 fully saturated rings. The van der Waals surface area contributed by atoms with Crippen molar-refractivity contribution < 1.29 is 9.53 Å². The average Bonchev–Trinajstić information content (AvgIpc) is 2.64. The largest absolute Gasteiger partial charge is 0.448 e. The summed E-state index contributed by atoms with van der Waals surface area (Å²) in [6.07, 6.45) is -0.259. The molecule has 4 nitrogen and oxygen atoms in total. The van der Waals surface area contributed by atoms with Gasteiger partial charge >= 0.3 is 6.09 Å². The van der Waals surface area contributed by atoms with Crippen molar-refractivity contribution in [2.75, 3.05) is 19.7 Å². The normalized spacial score (nSPS) is 17.1. The molecule has 0 aromatic heterocycles. The molecule has 1 aliphatic rings. The Morgan fingerprint density at radius 2 is 2.24 bits per heavy atom. The molecule has 1 unspecified atom stereocenters. The van der Waals surface area contributed by atoms with Gasteiger partial charge in [-0.05, 0) is 25.0 Å². The third kappa shape index (κ3) is 2.58. The molecule has 1 aromatic rings. The van der Waals surface area contributed by atoms with Crippen molar-refractivity contribution in [3.63, 3.8) is 0 Å². The van der Waals surface area contributed by atoms with E-state index in [9.17, 15) is 4.79 Å². The lowest BCUT2D eigenvalue weighted by Gasteiger charge is -2.20. The van der Waals surface area contributed by atoms with Crippen LogP contribution in [0.1, 0.15) is 22.7 Å². The van der Waals surface area contributed by atoms with Crippen LogP contribution in [0.25, 0.3) is 0 Å². The summed E-state index contributed by atoms with van der Waals surface area (Å²) in [5.74, 6) is 0. The lowest BCUT2D eigenvalue weighted by Crippen LogP contribution is -2.33. The van der Waals surface area contributed by atoms with Crippen LogP contribution in [0, 0.1) is 13.8 Å². The molecular formula is C13H18N2O2. The third-order valence-electron chi connectivity index (χ3n) is 3.09. The van der Waals surface area contributed by atoms with Gasteiger partial charge in [0.25, 0.3) is 0 Å². The van der Waals surface area contributed by atoms with E-state index in [-0.39, 0.29) is 12.1 Å². The van der Waals surface area contributed by atoms with Crippen LogP contribution in [-0.4, -0.2) is 30.7 Å². The number of amides is 1. The Labute approximate surface area is 101 Å². The number of carbonyl (C=O) groups is 1. The molecular weight excluding hydrogens is 216 g/mol. The van der Waals surface area contributed by atoms with Gasteiger partial charge in [0.1, 0.15) is 6.61 Å². The highest BCUT2D eigenvalue weighted by molar-refractivity contribution is 5.69. The second kappa shape index (κ2) is 4.75. The summed E-state index contributed by atoms with van der Waals surface area (Å²) in [5.41, 5.74) is 9.62. The molecule has 0 bridgehead atoms. The van der Waals surface area contributed by atoms with Crippen molar-refractivity contribution in [3.05, 3.63) is 34.9 Å². The molecule has 0 aliphatic carbocycles. The number of aryl methyl sites for hydroxylation is 2. The zero-order valence-corrected chi connectivity index (χ0v) is 10.3. The Morgan fingerprint density at radius 3 is 2.82 bits per heavy atom. The summed E-state index contributed by atoms with van der Waals surface area (Å²) < 4.78 is 4.88. The van der Waals surface area contributed by atoms with E-state index in [1.54, 1.807) is 4.90 Å². The number of cyclic esters (lactones) is 1. The van der Waals surface area contributed by atoms with E-state index < -0.39 is 0 Å². The fourth-order valence-electron chi connectivity index (χ4n) is 2.17. The van der Waals surface area contributed by atoms with Crippen molar-refractivity contribution in [1.29, 1.82) is 0 Å². The van der Waals surface area contributed by atoms with Crippen molar-refractivity contribution in [1.82, 2.24) is 4.90 Å². The maximum absolute atomic E-state index is 11.3. The molecule has 1 aliphatic heterocycles. The van der Waals surface area contributed by atoms with Gasteiger partial charge < -0.3 is 15.4 Å². The van der Waals surface area contributed by atoms with Gasteiger partial charge in [-0.2, -0.15) is 0 Å². The van der Waals surface area contributed by atoms with Crippen LogP contribution < -0.4 is 5.73 Å². The predicted molar refractivity (Wildman–Crippen MR) is 65.8 cm³/mol. The molecule has 1 aromatic carbocycles. The van der Waals surface area contributed by atoms with E-state index in [4.69, 9.17) is 10.5 Å². The molecule has 2 rings (SSSR count). The number of hydrogen-bond acceptors (Lipinski definition) is 3. The first-order valence-electron chi connectivity index (χ1n) is 5.82. The van der Waals surface area contributed by atoms with Crippen molar-refractivity contribution in [2.45, 2.75) is 19.9 Å².